The Morgan fingerprint density at radius 1 is 1.25 bits per heavy atom. The molecule has 1 aliphatic rings. The van der Waals surface area contributed by atoms with Crippen molar-refractivity contribution in [1.29, 1.82) is 0 Å². The van der Waals surface area contributed by atoms with E-state index in [-0.39, 0.29) is 18.4 Å². The van der Waals surface area contributed by atoms with E-state index in [0.717, 1.165) is 31.6 Å². The van der Waals surface area contributed by atoms with Crippen LogP contribution >= 0.6 is 0 Å². The predicted molar refractivity (Wildman–Crippen MR) is 75.3 cm³/mol. The number of nitrogens with one attached hydrogen (secondary N) is 1. The van der Waals surface area contributed by atoms with E-state index in [1.165, 1.54) is 17.5 Å². The van der Waals surface area contributed by atoms with Gasteiger partial charge in [-0.25, -0.2) is 0 Å². The summed E-state index contributed by atoms with van der Waals surface area (Å²) in [6, 6.07) is 1.71. The molecule has 110 valence electrons. The third-order valence-corrected chi connectivity index (χ3v) is 3.59. The first kappa shape index (κ1) is 14.6. The van der Waals surface area contributed by atoms with E-state index in [1.54, 1.807) is 13.1 Å². The molecule has 0 aromatic carbocycles. The van der Waals surface area contributed by atoms with Crippen LogP contribution in [0.1, 0.15) is 41.9 Å². The van der Waals surface area contributed by atoms with Crippen molar-refractivity contribution in [2.75, 3.05) is 19.6 Å². The first-order chi connectivity index (χ1) is 9.58. The fourth-order valence-electron chi connectivity index (χ4n) is 2.50. The number of aromatic nitrogens is 2. The van der Waals surface area contributed by atoms with Crippen molar-refractivity contribution in [2.45, 2.75) is 32.6 Å². The molecular weight excluding hydrogens is 256 g/mol. The van der Waals surface area contributed by atoms with Crippen molar-refractivity contribution in [3.05, 3.63) is 17.5 Å². The molecule has 2 heterocycles. The normalized spacial score (nSPS) is 15.8. The Bertz CT molecular complexity index is 487. The minimum Gasteiger partial charge on any atom is -0.342 e. The molecule has 0 saturated carbocycles. The van der Waals surface area contributed by atoms with Gasteiger partial charge in [-0.1, -0.05) is 12.8 Å². The van der Waals surface area contributed by atoms with Gasteiger partial charge in [0.2, 0.25) is 5.91 Å². The van der Waals surface area contributed by atoms with Gasteiger partial charge in [0.25, 0.3) is 5.91 Å². The monoisotopic (exact) mass is 278 g/mol. The van der Waals surface area contributed by atoms with Crippen molar-refractivity contribution in [3.8, 4) is 0 Å². The second kappa shape index (κ2) is 6.54. The molecular formula is C14H22N4O2. The predicted octanol–water partition coefficient (Wildman–Crippen LogP) is 0.861. The summed E-state index contributed by atoms with van der Waals surface area (Å²) in [4.78, 5) is 25.9. The zero-order valence-corrected chi connectivity index (χ0v) is 12.2. The van der Waals surface area contributed by atoms with Gasteiger partial charge >= 0.3 is 0 Å². The Balaban J connectivity index is 1.86. The van der Waals surface area contributed by atoms with Crippen LogP contribution in [0.4, 0.5) is 0 Å². The minimum atomic E-state index is -0.253. The molecule has 1 aliphatic heterocycles. The van der Waals surface area contributed by atoms with Gasteiger partial charge in [-0.2, -0.15) is 5.10 Å². The molecule has 6 nitrogen and oxygen atoms in total. The Hall–Kier alpha value is -1.85. The molecule has 1 aromatic rings. The fraction of sp³-hybridized carbons (Fsp3) is 0.643. The highest BCUT2D eigenvalue weighted by Gasteiger charge is 2.17. The molecule has 0 aliphatic carbocycles. The van der Waals surface area contributed by atoms with Gasteiger partial charge in [0, 0.05) is 20.1 Å². The van der Waals surface area contributed by atoms with Gasteiger partial charge < -0.3 is 10.2 Å². The standard InChI is InChI=1S/C14H22N4O2/c1-11-9-12(17(2)16-11)14(20)15-10-13(19)18-7-5-3-4-6-8-18/h9H,3-8,10H2,1-2H3,(H,15,20). The van der Waals surface area contributed by atoms with Gasteiger partial charge in [0.1, 0.15) is 5.69 Å². The molecule has 6 heteroatoms. The van der Waals surface area contributed by atoms with Crippen LogP contribution < -0.4 is 5.32 Å². The van der Waals surface area contributed by atoms with Crippen LogP contribution in [0.2, 0.25) is 0 Å². The maximum absolute atomic E-state index is 12.1. The molecule has 0 spiro atoms. The van der Waals surface area contributed by atoms with E-state index >= 15 is 0 Å². The maximum atomic E-state index is 12.1. The molecule has 1 N–H and O–H groups in total. The highest BCUT2D eigenvalue weighted by Crippen LogP contribution is 2.09. The lowest BCUT2D eigenvalue weighted by Gasteiger charge is -2.20. The molecule has 1 saturated heterocycles. The van der Waals surface area contributed by atoms with Gasteiger partial charge in [-0.05, 0) is 25.8 Å². The summed E-state index contributed by atoms with van der Waals surface area (Å²) in [5.74, 6) is -0.254. The Kier molecular flexibility index (Phi) is 4.76. The van der Waals surface area contributed by atoms with Gasteiger partial charge in [0.05, 0.1) is 12.2 Å². The SMILES string of the molecule is Cc1cc(C(=O)NCC(=O)N2CCCCCC2)n(C)n1. The summed E-state index contributed by atoms with van der Waals surface area (Å²) in [5.41, 5.74) is 1.27. The highest BCUT2D eigenvalue weighted by molar-refractivity contribution is 5.95. The molecule has 0 atom stereocenters. The number of amides is 2. The molecule has 1 aromatic heterocycles. The van der Waals surface area contributed by atoms with Gasteiger partial charge in [-0.3, -0.25) is 14.3 Å². The number of aryl methyl sites for hydroxylation is 2. The minimum absolute atomic E-state index is 0.000796. The van der Waals surface area contributed by atoms with E-state index in [1.807, 2.05) is 11.8 Å². The molecule has 1 fully saturated rings. The highest BCUT2D eigenvalue weighted by atomic mass is 16.2. The Morgan fingerprint density at radius 3 is 2.45 bits per heavy atom. The second-order valence-electron chi connectivity index (χ2n) is 5.27. The largest absolute Gasteiger partial charge is 0.342 e. The molecule has 0 unspecified atom stereocenters. The number of nitrogens with zero attached hydrogens (tertiary/aromatic N) is 3. The van der Waals surface area contributed by atoms with E-state index < -0.39 is 0 Å². The molecule has 2 amide bonds. The molecule has 0 bridgehead atoms. The van der Waals surface area contributed by atoms with Crippen LogP contribution in [0.15, 0.2) is 6.07 Å². The van der Waals surface area contributed by atoms with Crippen LogP contribution in [0.3, 0.4) is 0 Å². The zero-order chi connectivity index (χ0) is 14.5. The molecule has 20 heavy (non-hydrogen) atoms. The van der Waals surface area contributed by atoms with Gasteiger partial charge in [-0.15, -0.1) is 0 Å². The topological polar surface area (TPSA) is 67.2 Å². The number of hydrogen-bond donors (Lipinski definition) is 1. The number of hydrogen-bond acceptors (Lipinski definition) is 3. The Morgan fingerprint density at radius 2 is 1.90 bits per heavy atom. The fourth-order valence-corrected chi connectivity index (χ4v) is 2.50. The van der Waals surface area contributed by atoms with Crippen LogP contribution in [0.5, 0.6) is 0 Å². The lowest BCUT2D eigenvalue weighted by molar-refractivity contribution is -0.130. The van der Waals surface area contributed by atoms with Crippen molar-refractivity contribution in [2.24, 2.45) is 7.05 Å². The summed E-state index contributed by atoms with van der Waals surface area (Å²) >= 11 is 0. The van der Waals surface area contributed by atoms with E-state index in [2.05, 4.69) is 10.4 Å². The van der Waals surface area contributed by atoms with Gasteiger partial charge in [0.15, 0.2) is 0 Å². The summed E-state index contributed by atoms with van der Waals surface area (Å²) in [5, 5.41) is 6.80. The lowest BCUT2D eigenvalue weighted by atomic mass is 10.2. The smallest absolute Gasteiger partial charge is 0.269 e. The number of rotatable bonds is 3. The summed E-state index contributed by atoms with van der Waals surface area (Å²) in [7, 11) is 1.72. The average Bonchev–Trinajstić information content (AvgIpc) is 2.65. The summed E-state index contributed by atoms with van der Waals surface area (Å²) in [6.45, 7) is 3.50. The summed E-state index contributed by atoms with van der Waals surface area (Å²) in [6.07, 6.45) is 4.48. The third-order valence-electron chi connectivity index (χ3n) is 3.59. The van der Waals surface area contributed by atoms with Crippen LogP contribution in [0.25, 0.3) is 0 Å². The van der Waals surface area contributed by atoms with Crippen LogP contribution in [-0.2, 0) is 11.8 Å². The van der Waals surface area contributed by atoms with Crippen molar-refractivity contribution >= 4 is 11.8 Å². The first-order valence-corrected chi connectivity index (χ1v) is 7.14. The third kappa shape index (κ3) is 3.59. The zero-order valence-electron chi connectivity index (χ0n) is 12.2. The Labute approximate surface area is 119 Å². The van der Waals surface area contributed by atoms with Crippen molar-refractivity contribution in [1.82, 2.24) is 20.0 Å². The van der Waals surface area contributed by atoms with E-state index in [9.17, 15) is 9.59 Å². The van der Waals surface area contributed by atoms with Crippen molar-refractivity contribution < 1.29 is 9.59 Å². The average molecular weight is 278 g/mol. The van der Waals surface area contributed by atoms with E-state index in [4.69, 9.17) is 0 Å². The number of likely N-dealkylation sites (tertiary alicyclic amines) is 1. The lowest BCUT2D eigenvalue weighted by Crippen LogP contribution is -2.41. The summed E-state index contributed by atoms with van der Waals surface area (Å²) < 4.78 is 1.53. The maximum Gasteiger partial charge on any atom is 0.269 e. The first-order valence-electron chi connectivity index (χ1n) is 7.14. The number of carbonyl (C=O) groups excluding carboxylic acids is 2. The second-order valence-corrected chi connectivity index (χ2v) is 5.27. The van der Waals surface area contributed by atoms with E-state index in [0.29, 0.717) is 5.69 Å². The molecule has 2 rings (SSSR count). The molecule has 0 radical (unpaired) electrons. The quantitative estimate of drug-likeness (QED) is 0.891. The van der Waals surface area contributed by atoms with Crippen LogP contribution in [0, 0.1) is 6.92 Å². The van der Waals surface area contributed by atoms with Crippen molar-refractivity contribution in [3.63, 3.8) is 0 Å². The van der Waals surface area contributed by atoms with Crippen LogP contribution in [-0.4, -0.2) is 46.1 Å². The number of carbonyl (C=O) groups is 2.